The summed E-state index contributed by atoms with van der Waals surface area (Å²) in [6.07, 6.45) is 1.75. The molecule has 1 aromatic rings. The zero-order valence-electron chi connectivity index (χ0n) is 11.6. The molecule has 1 atom stereocenters. The molecular weight excluding hydrogens is 279 g/mol. The number of piperidine rings is 1. The Morgan fingerprint density at radius 3 is 2.45 bits per heavy atom. The highest BCUT2D eigenvalue weighted by atomic mass is 35.5. The molecule has 0 aliphatic carbocycles. The number of likely N-dealkylation sites (tertiary alicyclic amines) is 1. The maximum atomic E-state index is 13.1. The molecule has 1 unspecified atom stereocenters. The number of halogens is 2. The number of rotatable bonds is 1. The summed E-state index contributed by atoms with van der Waals surface area (Å²) in [4.78, 5) is 14.4. The fourth-order valence-electron chi connectivity index (χ4n) is 3.62. The van der Waals surface area contributed by atoms with E-state index in [-0.39, 0.29) is 35.5 Å². The summed E-state index contributed by atoms with van der Waals surface area (Å²) in [5.74, 6) is 0.219. The number of amides is 1. The third-order valence-corrected chi connectivity index (χ3v) is 4.66. The van der Waals surface area contributed by atoms with Crippen LogP contribution in [0.1, 0.15) is 24.3 Å². The Bertz CT molecular complexity index is 485. The number of nitrogens with zero attached hydrogens (tertiary/aromatic N) is 1. The zero-order valence-corrected chi connectivity index (χ0v) is 12.4. The van der Waals surface area contributed by atoms with Crippen LogP contribution in [0.25, 0.3) is 0 Å². The molecule has 2 aliphatic rings. The van der Waals surface area contributed by atoms with Gasteiger partial charge >= 0.3 is 0 Å². The molecule has 0 bridgehead atoms. The quantitative estimate of drug-likeness (QED) is 0.862. The third kappa shape index (κ3) is 2.31. The molecular formula is C15H20ClFN2O. The highest BCUT2D eigenvalue weighted by Gasteiger charge is 2.53. The second-order valence-electron chi connectivity index (χ2n) is 5.70. The standard InChI is InChI=1S/C15H19FN2O.ClH/c1-18-10-13(11-2-4-12(16)5-3-11)15(14(18)19)6-8-17-9-7-15;/h2-5,13,17H,6-10H2,1H3;1H. The van der Waals surface area contributed by atoms with E-state index in [1.54, 1.807) is 0 Å². The van der Waals surface area contributed by atoms with Crippen molar-refractivity contribution in [1.29, 1.82) is 0 Å². The maximum absolute atomic E-state index is 13.1. The summed E-state index contributed by atoms with van der Waals surface area (Å²) in [7, 11) is 1.87. The van der Waals surface area contributed by atoms with Gasteiger partial charge in [-0.25, -0.2) is 4.39 Å². The molecule has 0 radical (unpaired) electrons. The Morgan fingerprint density at radius 2 is 1.85 bits per heavy atom. The van der Waals surface area contributed by atoms with Gasteiger partial charge in [-0.05, 0) is 43.6 Å². The molecule has 2 aliphatic heterocycles. The molecule has 2 heterocycles. The van der Waals surface area contributed by atoms with Gasteiger partial charge < -0.3 is 10.2 Å². The number of hydrogen-bond donors (Lipinski definition) is 1. The molecule has 20 heavy (non-hydrogen) atoms. The molecule has 0 aromatic heterocycles. The van der Waals surface area contributed by atoms with E-state index < -0.39 is 0 Å². The fraction of sp³-hybridized carbons (Fsp3) is 0.533. The second kappa shape index (κ2) is 5.70. The van der Waals surface area contributed by atoms with Gasteiger partial charge in [0.1, 0.15) is 5.82 Å². The Balaban J connectivity index is 0.00000147. The zero-order chi connectivity index (χ0) is 13.5. The smallest absolute Gasteiger partial charge is 0.229 e. The van der Waals surface area contributed by atoms with Gasteiger partial charge in [-0.1, -0.05) is 12.1 Å². The van der Waals surface area contributed by atoms with E-state index in [9.17, 15) is 9.18 Å². The SMILES string of the molecule is CN1CC(c2ccc(F)cc2)C2(CCNCC2)C1=O.Cl. The van der Waals surface area contributed by atoms with Crippen LogP contribution in [0.4, 0.5) is 4.39 Å². The van der Waals surface area contributed by atoms with Crippen molar-refractivity contribution in [3.63, 3.8) is 0 Å². The number of nitrogens with one attached hydrogen (secondary N) is 1. The Labute approximate surface area is 124 Å². The normalized spacial score (nSPS) is 24.8. The van der Waals surface area contributed by atoms with E-state index in [0.29, 0.717) is 0 Å². The predicted octanol–water partition coefficient (Wildman–Crippen LogP) is 2.17. The van der Waals surface area contributed by atoms with Gasteiger partial charge in [-0.15, -0.1) is 12.4 Å². The fourth-order valence-corrected chi connectivity index (χ4v) is 3.62. The van der Waals surface area contributed by atoms with Crippen LogP contribution in [-0.4, -0.2) is 37.5 Å². The average molecular weight is 299 g/mol. The van der Waals surface area contributed by atoms with Crippen LogP contribution in [-0.2, 0) is 4.79 Å². The topological polar surface area (TPSA) is 32.3 Å². The Hall–Kier alpha value is -1.13. The molecule has 3 rings (SSSR count). The number of carbonyl (C=O) groups is 1. The molecule has 5 heteroatoms. The first-order valence-corrected chi connectivity index (χ1v) is 6.85. The van der Waals surface area contributed by atoms with Gasteiger partial charge in [0.2, 0.25) is 5.91 Å². The van der Waals surface area contributed by atoms with Gasteiger partial charge in [0.25, 0.3) is 0 Å². The maximum Gasteiger partial charge on any atom is 0.229 e. The third-order valence-electron chi connectivity index (χ3n) is 4.66. The molecule has 0 saturated carbocycles. The highest BCUT2D eigenvalue weighted by Crippen LogP contribution is 2.49. The number of carbonyl (C=O) groups excluding carboxylic acids is 1. The van der Waals surface area contributed by atoms with Crippen LogP contribution < -0.4 is 5.32 Å². The summed E-state index contributed by atoms with van der Waals surface area (Å²) in [6.45, 7) is 2.51. The molecule has 1 aromatic carbocycles. The highest BCUT2D eigenvalue weighted by molar-refractivity contribution is 5.86. The van der Waals surface area contributed by atoms with Crippen LogP contribution >= 0.6 is 12.4 Å². The van der Waals surface area contributed by atoms with Gasteiger partial charge in [0.15, 0.2) is 0 Å². The second-order valence-corrected chi connectivity index (χ2v) is 5.70. The van der Waals surface area contributed by atoms with Gasteiger partial charge in [0.05, 0.1) is 5.41 Å². The lowest BCUT2D eigenvalue weighted by Gasteiger charge is -2.36. The minimum Gasteiger partial charge on any atom is -0.345 e. The summed E-state index contributed by atoms with van der Waals surface area (Å²) >= 11 is 0. The van der Waals surface area contributed by atoms with E-state index in [4.69, 9.17) is 0 Å². The van der Waals surface area contributed by atoms with E-state index in [1.807, 2.05) is 24.1 Å². The lowest BCUT2D eigenvalue weighted by atomic mass is 9.68. The number of likely N-dealkylation sites (N-methyl/N-ethyl adjacent to an activating group) is 1. The van der Waals surface area contributed by atoms with Crippen molar-refractivity contribution in [2.24, 2.45) is 5.41 Å². The van der Waals surface area contributed by atoms with Crippen molar-refractivity contribution < 1.29 is 9.18 Å². The van der Waals surface area contributed by atoms with Gasteiger partial charge in [0, 0.05) is 19.5 Å². The first kappa shape index (κ1) is 15.3. The molecule has 110 valence electrons. The summed E-state index contributed by atoms with van der Waals surface area (Å²) < 4.78 is 13.1. The molecule has 3 nitrogen and oxygen atoms in total. The van der Waals surface area contributed by atoms with Gasteiger partial charge in [-0.2, -0.15) is 0 Å². The van der Waals surface area contributed by atoms with E-state index in [0.717, 1.165) is 38.0 Å². The van der Waals surface area contributed by atoms with Crippen molar-refractivity contribution in [3.8, 4) is 0 Å². The van der Waals surface area contributed by atoms with Crippen LogP contribution in [0, 0.1) is 11.2 Å². The lowest BCUT2D eigenvalue weighted by Crippen LogP contribution is -2.44. The lowest BCUT2D eigenvalue weighted by molar-refractivity contribution is -0.136. The van der Waals surface area contributed by atoms with Crippen LogP contribution in [0.15, 0.2) is 24.3 Å². The Kier molecular flexibility index (Phi) is 4.35. The number of benzene rings is 1. The summed E-state index contributed by atoms with van der Waals surface area (Å²) in [5, 5.41) is 3.32. The monoisotopic (exact) mass is 298 g/mol. The summed E-state index contributed by atoms with van der Waals surface area (Å²) in [6, 6.07) is 6.65. The van der Waals surface area contributed by atoms with Crippen molar-refractivity contribution in [2.75, 3.05) is 26.7 Å². The van der Waals surface area contributed by atoms with E-state index >= 15 is 0 Å². The van der Waals surface area contributed by atoms with Crippen molar-refractivity contribution in [3.05, 3.63) is 35.6 Å². The van der Waals surface area contributed by atoms with E-state index in [2.05, 4.69) is 5.32 Å². The van der Waals surface area contributed by atoms with E-state index in [1.165, 1.54) is 12.1 Å². The molecule has 1 spiro atoms. The minimum atomic E-state index is -0.280. The molecule has 2 saturated heterocycles. The largest absolute Gasteiger partial charge is 0.345 e. The summed E-state index contributed by atoms with van der Waals surface area (Å²) in [5.41, 5.74) is 0.804. The van der Waals surface area contributed by atoms with Crippen LogP contribution in [0.2, 0.25) is 0 Å². The Morgan fingerprint density at radius 1 is 1.25 bits per heavy atom. The van der Waals surface area contributed by atoms with Gasteiger partial charge in [-0.3, -0.25) is 4.79 Å². The molecule has 2 fully saturated rings. The van der Waals surface area contributed by atoms with Crippen molar-refractivity contribution in [2.45, 2.75) is 18.8 Å². The van der Waals surface area contributed by atoms with Crippen LogP contribution in [0.3, 0.4) is 0 Å². The first-order chi connectivity index (χ1) is 9.13. The van der Waals surface area contributed by atoms with Crippen molar-refractivity contribution in [1.82, 2.24) is 10.2 Å². The average Bonchev–Trinajstić information content (AvgIpc) is 2.66. The predicted molar refractivity (Wildman–Crippen MR) is 78.6 cm³/mol. The van der Waals surface area contributed by atoms with Crippen molar-refractivity contribution >= 4 is 18.3 Å². The first-order valence-electron chi connectivity index (χ1n) is 6.85. The molecule has 1 amide bonds. The molecule has 1 N–H and O–H groups in total. The van der Waals surface area contributed by atoms with Crippen LogP contribution in [0.5, 0.6) is 0 Å². The number of hydrogen-bond acceptors (Lipinski definition) is 2. The minimum absolute atomic E-state index is 0.